The van der Waals surface area contributed by atoms with E-state index in [1.807, 2.05) is 21.7 Å². The zero-order valence-electron chi connectivity index (χ0n) is 18.4. The molecule has 10 heteroatoms. The van der Waals surface area contributed by atoms with E-state index < -0.39 is 24.1 Å². The molecule has 0 atom stereocenters. The van der Waals surface area contributed by atoms with Crippen LogP contribution in [0.4, 0.5) is 8.78 Å². The molecular weight excluding hydrogens is 466 g/mol. The van der Waals surface area contributed by atoms with Crippen LogP contribution in [0.5, 0.6) is 0 Å². The van der Waals surface area contributed by atoms with Crippen LogP contribution in [0.3, 0.4) is 0 Å². The van der Waals surface area contributed by atoms with Gasteiger partial charge in [-0.25, -0.2) is 13.5 Å². The Kier molecular flexibility index (Phi) is 7.45. The molecule has 1 amide bonds. The lowest BCUT2D eigenvalue weighted by Gasteiger charge is -2.27. The molecule has 1 aliphatic rings. The summed E-state index contributed by atoms with van der Waals surface area (Å²) in [5.41, 5.74) is 2.76. The molecule has 0 aliphatic carbocycles. The van der Waals surface area contributed by atoms with Crippen LogP contribution in [0, 0.1) is 11.6 Å². The largest absolute Gasteiger partial charge is 0.387 e. The lowest BCUT2D eigenvalue weighted by atomic mass is 10.1. The van der Waals surface area contributed by atoms with Crippen molar-refractivity contribution in [1.82, 2.24) is 19.6 Å². The van der Waals surface area contributed by atoms with E-state index in [0.29, 0.717) is 55.3 Å². The molecule has 0 bridgehead atoms. The Balaban J connectivity index is 1.60. The second-order valence-electron chi connectivity index (χ2n) is 8.28. The van der Waals surface area contributed by atoms with Crippen molar-refractivity contribution in [3.63, 3.8) is 0 Å². The summed E-state index contributed by atoms with van der Waals surface area (Å²) in [5, 5.41) is 12.2. The van der Waals surface area contributed by atoms with E-state index >= 15 is 0 Å². The molecule has 0 saturated heterocycles. The SMILES string of the molecule is O=C(CO)NCCn1c2c(c(=O)n1Cc1ccc(Cl)cc1)CN(Cc1cc(F)cc(F)c1)CC2. The minimum atomic E-state index is -0.630. The minimum absolute atomic E-state index is 0.145. The zero-order valence-corrected chi connectivity index (χ0v) is 19.2. The van der Waals surface area contributed by atoms with E-state index in [0.717, 1.165) is 17.3 Å². The average Bonchev–Trinajstić information content (AvgIpc) is 3.05. The highest BCUT2D eigenvalue weighted by molar-refractivity contribution is 6.30. The van der Waals surface area contributed by atoms with Crippen LogP contribution in [0.2, 0.25) is 5.02 Å². The van der Waals surface area contributed by atoms with Gasteiger partial charge >= 0.3 is 0 Å². The van der Waals surface area contributed by atoms with Crippen molar-refractivity contribution in [3.05, 3.63) is 91.9 Å². The number of rotatable bonds is 8. The van der Waals surface area contributed by atoms with Crippen LogP contribution in [-0.2, 0) is 37.4 Å². The fraction of sp³-hybridized carbons (Fsp3) is 0.333. The third-order valence-electron chi connectivity index (χ3n) is 5.85. The predicted octanol–water partition coefficient (Wildman–Crippen LogP) is 2.30. The molecule has 180 valence electrons. The Labute approximate surface area is 200 Å². The van der Waals surface area contributed by atoms with Crippen LogP contribution in [0.1, 0.15) is 22.4 Å². The van der Waals surface area contributed by atoms with Gasteiger partial charge in [-0.15, -0.1) is 0 Å². The van der Waals surface area contributed by atoms with E-state index in [-0.39, 0.29) is 12.1 Å². The lowest BCUT2D eigenvalue weighted by Crippen LogP contribution is -2.33. The summed E-state index contributed by atoms with van der Waals surface area (Å²) in [5.74, 6) is -1.75. The number of aromatic nitrogens is 2. The van der Waals surface area contributed by atoms with E-state index in [9.17, 15) is 18.4 Å². The summed E-state index contributed by atoms with van der Waals surface area (Å²) in [4.78, 5) is 26.9. The highest BCUT2D eigenvalue weighted by Gasteiger charge is 2.26. The molecular formula is C24H25ClF2N4O3. The van der Waals surface area contributed by atoms with E-state index in [4.69, 9.17) is 16.7 Å². The van der Waals surface area contributed by atoms with E-state index in [2.05, 4.69) is 5.32 Å². The molecule has 0 unspecified atom stereocenters. The van der Waals surface area contributed by atoms with E-state index in [1.165, 1.54) is 12.1 Å². The first-order valence-corrected chi connectivity index (χ1v) is 11.3. The third-order valence-corrected chi connectivity index (χ3v) is 6.11. The van der Waals surface area contributed by atoms with Crippen LogP contribution in [0.15, 0.2) is 47.3 Å². The van der Waals surface area contributed by atoms with Gasteiger partial charge in [-0.3, -0.25) is 19.2 Å². The third kappa shape index (κ3) is 5.55. The molecule has 2 heterocycles. The maximum atomic E-state index is 13.6. The number of carbonyl (C=O) groups excluding carboxylic acids is 1. The van der Waals surface area contributed by atoms with Crippen molar-refractivity contribution in [2.75, 3.05) is 19.7 Å². The molecule has 3 aromatic rings. The summed E-state index contributed by atoms with van der Waals surface area (Å²) in [6, 6.07) is 10.7. The van der Waals surface area contributed by atoms with Gasteiger partial charge in [-0.2, -0.15) is 0 Å². The average molecular weight is 491 g/mol. The minimum Gasteiger partial charge on any atom is -0.387 e. The number of nitrogens with zero attached hydrogens (tertiary/aromatic N) is 3. The van der Waals surface area contributed by atoms with Gasteiger partial charge in [0, 0.05) is 49.4 Å². The van der Waals surface area contributed by atoms with Crippen LogP contribution in [0.25, 0.3) is 0 Å². The Morgan fingerprint density at radius 1 is 1.03 bits per heavy atom. The fourth-order valence-electron chi connectivity index (χ4n) is 4.32. The molecule has 1 aromatic heterocycles. The molecule has 2 aromatic carbocycles. The first-order valence-electron chi connectivity index (χ1n) is 10.9. The molecule has 0 saturated carbocycles. The maximum absolute atomic E-state index is 13.6. The summed E-state index contributed by atoms with van der Waals surface area (Å²) in [7, 11) is 0. The Morgan fingerprint density at radius 3 is 2.41 bits per heavy atom. The van der Waals surface area contributed by atoms with Gasteiger partial charge in [0.15, 0.2) is 0 Å². The molecule has 7 nitrogen and oxygen atoms in total. The number of benzene rings is 2. The normalized spacial score (nSPS) is 13.6. The summed E-state index contributed by atoms with van der Waals surface area (Å²) >= 11 is 5.99. The fourth-order valence-corrected chi connectivity index (χ4v) is 4.45. The number of nitrogens with one attached hydrogen (secondary N) is 1. The molecule has 34 heavy (non-hydrogen) atoms. The Bertz CT molecular complexity index is 1220. The maximum Gasteiger partial charge on any atom is 0.271 e. The second-order valence-corrected chi connectivity index (χ2v) is 8.72. The highest BCUT2D eigenvalue weighted by atomic mass is 35.5. The number of hydrogen-bond donors (Lipinski definition) is 2. The van der Waals surface area contributed by atoms with Crippen LogP contribution < -0.4 is 10.9 Å². The number of hydrogen-bond acceptors (Lipinski definition) is 4. The van der Waals surface area contributed by atoms with Crippen molar-refractivity contribution in [2.45, 2.75) is 32.6 Å². The van der Waals surface area contributed by atoms with Gasteiger partial charge in [0.2, 0.25) is 5.91 Å². The van der Waals surface area contributed by atoms with Crippen molar-refractivity contribution in [2.24, 2.45) is 0 Å². The molecule has 0 radical (unpaired) electrons. The van der Waals surface area contributed by atoms with Crippen molar-refractivity contribution in [3.8, 4) is 0 Å². The van der Waals surface area contributed by atoms with Gasteiger partial charge in [-0.1, -0.05) is 23.7 Å². The molecule has 2 N–H and O–H groups in total. The summed E-state index contributed by atoms with van der Waals surface area (Å²) in [6.45, 7) is 1.62. The molecule has 0 fully saturated rings. The molecule has 0 spiro atoms. The Hall–Kier alpha value is -3.01. The smallest absolute Gasteiger partial charge is 0.271 e. The number of halogens is 3. The number of fused-ring (bicyclic) bond motifs is 1. The zero-order chi connectivity index (χ0) is 24.2. The molecule has 1 aliphatic heterocycles. The van der Waals surface area contributed by atoms with Gasteiger partial charge in [-0.05, 0) is 35.4 Å². The van der Waals surface area contributed by atoms with Gasteiger partial charge in [0.25, 0.3) is 5.56 Å². The molecule has 4 rings (SSSR count). The lowest BCUT2D eigenvalue weighted by molar-refractivity contribution is -0.123. The van der Waals surface area contributed by atoms with Gasteiger partial charge in [0.05, 0.1) is 18.7 Å². The van der Waals surface area contributed by atoms with Crippen molar-refractivity contribution < 1.29 is 18.7 Å². The Morgan fingerprint density at radius 2 is 1.74 bits per heavy atom. The van der Waals surface area contributed by atoms with Crippen LogP contribution in [-0.4, -0.2) is 45.0 Å². The van der Waals surface area contributed by atoms with Gasteiger partial charge in [0.1, 0.15) is 18.2 Å². The standard InChI is InChI=1S/C24H25ClF2N4O3/c25-18-3-1-16(2-4-18)13-31-24(34)21-14-29(12-17-9-19(26)11-20(27)10-17)7-5-22(21)30(31)8-6-28-23(33)15-32/h1-4,9-11,32H,5-8,12-15H2,(H,28,33). The number of amides is 1. The summed E-state index contributed by atoms with van der Waals surface area (Å²) in [6.07, 6.45) is 0.573. The summed E-state index contributed by atoms with van der Waals surface area (Å²) < 4.78 is 30.7. The highest BCUT2D eigenvalue weighted by Crippen LogP contribution is 2.21. The topological polar surface area (TPSA) is 79.5 Å². The second kappa shape index (κ2) is 10.5. The van der Waals surface area contributed by atoms with Gasteiger partial charge < -0.3 is 10.4 Å². The van der Waals surface area contributed by atoms with Crippen molar-refractivity contribution >= 4 is 17.5 Å². The van der Waals surface area contributed by atoms with Crippen molar-refractivity contribution in [1.29, 1.82) is 0 Å². The predicted molar refractivity (Wildman–Crippen MR) is 124 cm³/mol. The first-order chi connectivity index (χ1) is 16.3. The number of aliphatic hydroxyl groups excluding tert-OH is 1. The first kappa shape index (κ1) is 24.1. The number of carbonyl (C=O) groups is 1. The monoisotopic (exact) mass is 490 g/mol. The van der Waals surface area contributed by atoms with E-state index in [1.54, 1.807) is 16.8 Å². The number of aliphatic hydroxyl groups is 1. The van der Waals surface area contributed by atoms with Crippen LogP contribution >= 0.6 is 11.6 Å². The quantitative estimate of drug-likeness (QED) is 0.508.